The number of nitrogens with zero attached hydrogens (tertiary/aromatic N) is 1. The first-order valence-electron chi connectivity index (χ1n) is 14.2. The zero-order valence-corrected chi connectivity index (χ0v) is 21.9. The van der Waals surface area contributed by atoms with Crippen LogP contribution in [0.25, 0.3) is 0 Å². The van der Waals surface area contributed by atoms with Crippen LogP contribution in [0.4, 0.5) is 0 Å². The highest BCUT2D eigenvalue weighted by Gasteiger charge is 2.63. The van der Waals surface area contributed by atoms with Crippen molar-refractivity contribution in [3.8, 4) is 0 Å². The number of hydrogen-bond donors (Lipinski definition) is 1. The summed E-state index contributed by atoms with van der Waals surface area (Å²) in [7, 11) is 0. The number of hydrogen-bond acceptors (Lipinski definition) is 4. The molecule has 33 heavy (non-hydrogen) atoms. The molecule has 0 aromatic rings. The van der Waals surface area contributed by atoms with E-state index in [1.165, 1.54) is 32.1 Å². The van der Waals surface area contributed by atoms with Crippen LogP contribution < -0.4 is 0 Å². The molecule has 0 amide bonds. The van der Waals surface area contributed by atoms with E-state index in [0.29, 0.717) is 23.7 Å². The summed E-state index contributed by atoms with van der Waals surface area (Å²) in [6.45, 7) is 14.3. The minimum atomic E-state index is -0.160. The Morgan fingerprint density at radius 2 is 1.79 bits per heavy atom. The number of ketones is 1. The molecule has 0 bridgehead atoms. The molecule has 9 atom stereocenters. The van der Waals surface area contributed by atoms with E-state index in [1.54, 1.807) is 0 Å². The van der Waals surface area contributed by atoms with Gasteiger partial charge in [-0.15, -0.1) is 0 Å². The van der Waals surface area contributed by atoms with Crippen LogP contribution in [0.3, 0.4) is 0 Å². The topological polar surface area (TPSA) is 49.8 Å². The predicted octanol–water partition coefficient (Wildman–Crippen LogP) is 5.46. The fourth-order valence-corrected chi connectivity index (χ4v) is 10.3. The summed E-state index contributed by atoms with van der Waals surface area (Å²) in [5.41, 5.74) is 0.465. The Hall–Kier alpha value is -0.450. The lowest BCUT2D eigenvalue weighted by Crippen LogP contribution is -2.66. The van der Waals surface area contributed by atoms with Gasteiger partial charge in [0.2, 0.25) is 0 Å². The summed E-state index contributed by atoms with van der Waals surface area (Å²) in [4.78, 5) is 15.3. The lowest BCUT2D eigenvalue weighted by atomic mass is 9.43. The van der Waals surface area contributed by atoms with Crippen LogP contribution in [0.1, 0.15) is 98.8 Å². The van der Waals surface area contributed by atoms with E-state index in [1.807, 2.05) is 6.92 Å². The van der Waals surface area contributed by atoms with Gasteiger partial charge in [0.1, 0.15) is 5.78 Å². The second-order valence-electron chi connectivity index (χ2n) is 13.2. The number of morpholine rings is 1. The highest BCUT2D eigenvalue weighted by molar-refractivity contribution is 5.79. The van der Waals surface area contributed by atoms with Gasteiger partial charge in [0.25, 0.3) is 0 Å². The van der Waals surface area contributed by atoms with E-state index in [-0.39, 0.29) is 28.5 Å². The molecule has 0 radical (unpaired) electrons. The van der Waals surface area contributed by atoms with Gasteiger partial charge in [0.15, 0.2) is 0 Å². The molecule has 0 aromatic carbocycles. The Morgan fingerprint density at radius 1 is 1.03 bits per heavy atom. The third-order valence-corrected chi connectivity index (χ3v) is 12.2. The van der Waals surface area contributed by atoms with E-state index in [2.05, 4.69) is 32.6 Å². The van der Waals surface area contributed by atoms with Gasteiger partial charge in [-0.2, -0.15) is 0 Å². The molecule has 4 saturated carbocycles. The van der Waals surface area contributed by atoms with Gasteiger partial charge in [0, 0.05) is 25.0 Å². The Bertz CT molecular complexity index is 749. The van der Waals surface area contributed by atoms with Crippen LogP contribution in [0.2, 0.25) is 0 Å². The smallest absolute Gasteiger partial charge is 0.133 e. The molecule has 2 unspecified atom stereocenters. The first-order chi connectivity index (χ1) is 15.7. The normalized spacial score (nSPS) is 49.7. The van der Waals surface area contributed by atoms with Crippen LogP contribution in [-0.2, 0) is 9.53 Å². The molecule has 5 fully saturated rings. The lowest BCUT2D eigenvalue weighted by Gasteiger charge is -2.65. The lowest BCUT2D eigenvalue weighted by molar-refractivity contribution is -0.193. The minimum absolute atomic E-state index is 0.0220. The van der Waals surface area contributed by atoms with Gasteiger partial charge >= 0.3 is 0 Å². The highest BCUT2D eigenvalue weighted by Crippen LogP contribution is 2.68. The van der Waals surface area contributed by atoms with Crippen LogP contribution in [0.5, 0.6) is 0 Å². The number of fused-ring (bicyclic) bond motifs is 5. The monoisotopic (exact) mass is 459 g/mol. The van der Waals surface area contributed by atoms with E-state index in [4.69, 9.17) is 4.74 Å². The molecule has 1 N–H and O–H groups in total. The molecule has 1 aliphatic heterocycles. The number of rotatable bonds is 4. The maximum absolute atomic E-state index is 12.5. The minimum Gasteiger partial charge on any atom is -0.393 e. The maximum atomic E-state index is 12.5. The van der Waals surface area contributed by atoms with Crippen molar-refractivity contribution in [1.82, 2.24) is 4.90 Å². The Balaban J connectivity index is 1.46. The average molecular weight is 460 g/mol. The Labute approximate surface area is 202 Å². The summed E-state index contributed by atoms with van der Waals surface area (Å²) in [5, 5.41) is 11.0. The molecular formula is C29H49NO3. The van der Waals surface area contributed by atoms with Crippen molar-refractivity contribution >= 4 is 5.78 Å². The summed E-state index contributed by atoms with van der Waals surface area (Å²) in [5.74, 6) is 3.55. The summed E-state index contributed by atoms with van der Waals surface area (Å²) >= 11 is 0. The fourth-order valence-electron chi connectivity index (χ4n) is 10.3. The predicted molar refractivity (Wildman–Crippen MR) is 132 cm³/mol. The molecule has 1 saturated heterocycles. The zero-order chi connectivity index (χ0) is 23.6. The number of carbonyl (C=O) groups excluding carboxylic acids is 1. The third kappa shape index (κ3) is 3.59. The quantitative estimate of drug-likeness (QED) is 0.606. The molecule has 0 spiro atoms. The molecular weight excluding hydrogens is 410 g/mol. The molecule has 4 heteroatoms. The van der Waals surface area contributed by atoms with Crippen LogP contribution in [-0.4, -0.2) is 53.2 Å². The van der Waals surface area contributed by atoms with Crippen LogP contribution in [0, 0.1) is 40.4 Å². The molecule has 5 aliphatic rings. The highest BCUT2D eigenvalue weighted by atomic mass is 16.5. The molecule has 188 valence electrons. The van der Waals surface area contributed by atoms with Crippen molar-refractivity contribution in [1.29, 1.82) is 0 Å². The largest absolute Gasteiger partial charge is 0.393 e. The second-order valence-corrected chi connectivity index (χ2v) is 13.2. The van der Waals surface area contributed by atoms with Gasteiger partial charge in [0.05, 0.1) is 18.3 Å². The van der Waals surface area contributed by atoms with Crippen molar-refractivity contribution < 1.29 is 14.6 Å². The maximum Gasteiger partial charge on any atom is 0.133 e. The van der Waals surface area contributed by atoms with E-state index in [0.717, 1.165) is 63.6 Å². The molecule has 4 aliphatic carbocycles. The van der Waals surface area contributed by atoms with Crippen molar-refractivity contribution in [2.24, 2.45) is 40.4 Å². The number of aliphatic hydroxyl groups excluding tert-OH is 1. The fraction of sp³-hybridized carbons (Fsp3) is 0.966. The molecule has 4 nitrogen and oxygen atoms in total. The van der Waals surface area contributed by atoms with Gasteiger partial charge in [-0.3, -0.25) is 9.69 Å². The van der Waals surface area contributed by atoms with Crippen molar-refractivity contribution in [2.75, 3.05) is 19.7 Å². The third-order valence-electron chi connectivity index (χ3n) is 12.2. The standard InChI is InChI=1S/C29H49NO3/c1-6-29(7-2)18-30(14-15-33-29)26-17-21(32)16-20-8-9-22-24-11-10-23(19(3)31)27(24,4)13-12-25(22)28(20,26)5/h20-26,32H,6-18H2,1-5H3/t20-,21?,22-,23+,24-,25-,26?,27-,28-/m0/s1. The Kier molecular flexibility index (Phi) is 6.31. The zero-order valence-electron chi connectivity index (χ0n) is 21.9. The Morgan fingerprint density at radius 3 is 2.48 bits per heavy atom. The van der Waals surface area contributed by atoms with Crippen LogP contribution in [0.15, 0.2) is 0 Å². The van der Waals surface area contributed by atoms with Gasteiger partial charge in [-0.1, -0.05) is 27.7 Å². The summed E-state index contributed by atoms with van der Waals surface area (Å²) in [6.07, 6.45) is 11.3. The first kappa shape index (κ1) is 24.3. The molecule has 5 rings (SSSR count). The summed E-state index contributed by atoms with van der Waals surface area (Å²) < 4.78 is 6.36. The van der Waals surface area contributed by atoms with Gasteiger partial charge in [-0.05, 0) is 106 Å². The average Bonchev–Trinajstić information content (AvgIpc) is 3.16. The molecule has 0 aromatic heterocycles. The molecule has 1 heterocycles. The van der Waals surface area contributed by atoms with Crippen molar-refractivity contribution in [3.05, 3.63) is 0 Å². The number of carbonyl (C=O) groups is 1. The summed E-state index contributed by atoms with van der Waals surface area (Å²) in [6, 6.07) is 0.454. The van der Waals surface area contributed by atoms with Gasteiger partial charge < -0.3 is 9.84 Å². The van der Waals surface area contributed by atoms with E-state index >= 15 is 0 Å². The second kappa shape index (κ2) is 8.59. The van der Waals surface area contributed by atoms with Crippen LogP contribution >= 0.6 is 0 Å². The first-order valence-corrected chi connectivity index (χ1v) is 14.2. The number of aliphatic hydroxyl groups is 1. The van der Waals surface area contributed by atoms with Crippen molar-refractivity contribution in [3.63, 3.8) is 0 Å². The van der Waals surface area contributed by atoms with Crippen molar-refractivity contribution in [2.45, 2.75) is 117 Å². The number of Topliss-reactive ketones (excluding diaryl/α,β-unsaturated/α-hetero) is 1. The SMILES string of the molecule is CCC1(CC)CN(C2CC(O)C[C@@H]3CC[C@H]4[C@@H]5CC[C@H](C(C)=O)[C@]5(C)CC[C@@H]4[C@@]23C)CCO1. The van der Waals surface area contributed by atoms with Gasteiger partial charge in [-0.25, -0.2) is 0 Å². The van der Waals surface area contributed by atoms with E-state index < -0.39 is 0 Å². The number of ether oxygens (including phenoxy) is 1. The van der Waals surface area contributed by atoms with E-state index in [9.17, 15) is 9.90 Å².